The van der Waals surface area contributed by atoms with Crippen LogP contribution in [0.5, 0.6) is 0 Å². The molecule has 2 heterocycles. The van der Waals surface area contributed by atoms with Crippen molar-refractivity contribution >= 4 is 5.91 Å². The highest BCUT2D eigenvalue weighted by Crippen LogP contribution is 2.28. The minimum absolute atomic E-state index is 0.0581. The number of aryl methyl sites for hydroxylation is 1. The van der Waals surface area contributed by atoms with Gasteiger partial charge in [-0.3, -0.25) is 4.79 Å². The van der Waals surface area contributed by atoms with Gasteiger partial charge in [-0.05, 0) is 50.6 Å². The van der Waals surface area contributed by atoms with Crippen molar-refractivity contribution in [3.05, 3.63) is 47.5 Å². The molecule has 1 amide bonds. The van der Waals surface area contributed by atoms with Gasteiger partial charge >= 0.3 is 0 Å². The highest BCUT2D eigenvalue weighted by Gasteiger charge is 2.19. The molecule has 6 nitrogen and oxygen atoms in total. The molecule has 0 aliphatic carbocycles. The van der Waals surface area contributed by atoms with E-state index in [1.165, 1.54) is 12.1 Å². The lowest BCUT2D eigenvalue weighted by molar-refractivity contribution is -0.130. The first-order valence-electron chi connectivity index (χ1n) is 8.91. The van der Waals surface area contributed by atoms with Gasteiger partial charge in [-0.2, -0.15) is 0 Å². The Morgan fingerprint density at radius 1 is 1.19 bits per heavy atom. The molecule has 27 heavy (non-hydrogen) atoms. The van der Waals surface area contributed by atoms with Crippen molar-refractivity contribution in [2.45, 2.75) is 33.7 Å². The second-order valence-corrected chi connectivity index (χ2v) is 6.61. The highest BCUT2D eigenvalue weighted by molar-refractivity contribution is 5.76. The number of aromatic nitrogens is 3. The first-order valence-corrected chi connectivity index (χ1v) is 8.91. The third-order valence-corrected chi connectivity index (χ3v) is 4.60. The molecular formula is C20H23FN4O2. The molecule has 142 valence electrons. The van der Waals surface area contributed by atoms with Crippen molar-refractivity contribution in [1.82, 2.24) is 19.7 Å². The lowest BCUT2D eigenvalue weighted by atomic mass is 10.2. The summed E-state index contributed by atoms with van der Waals surface area (Å²) in [5.41, 5.74) is 3.28. The van der Waals surface area contributed by atoms with E-state index in [1.807, 2.05) is 38.5 Å². The van der Waals surface area contributed by atoms with Gasteiger partial charge in [-0.1, -0.05) is 6.92 Å². The van der Waals surface area contributed by atoms with Crippen molar-refractivity contribution in [2.24, 2.45) is 0 Å². The zero-order valence-corrected chi connectivity index (χ0v) is 16.0. The van der Waals surface area contributed by atoms with Gasteiger partial charge in [0.2, 0.25) is 17.7 Å². The Labute approximate surface area is 157 Å². The monoisotopic (exact) mass is 370 g/mol. The van der Waals surface area contributed by atoms with Crippen LogP contribution in [-0.4, -0.2) is 39.2 Å². The summed E-state index contributed by atoms with van der Waals surface area (Å²) in [6.45, 7) is 6.92. The minimum Gasteiger partial charge on any atom is -0.416 e. The summed E-state index contributed by atoms with van der Waals surface area (Å²) in [6, 6.07) is 7.83. The molecule has 0 N–H and O–H groups in total. The number of carbonyl (C=O) groups excluding carboxylic acids is 1. The molecule has 3 rings (SSSR count). The first-order chi connectivity index (χ1) is 12.9. The maximum atomic E-state index is 13.1. The number of halogens is 1. The number of hydrogen-bond acceptors (Lipinski definition) is 4. The van der Waals surface area contributed by atoms with Crippen molar-refractivity contribution in [2.75, 3.05) is 13.6 Å². The fourth-order valence-corrected chi connectivity index (χ4v) is 3.02. The zero-order valence-electron chi connectivity index (χ0n) is 16.0. The fourth-order valence-electron chi connectivity index (χ4n) is 3.02. The fraction of sp³-hybridized carbons (Fsp3) is 0.350. The number of rotatable bonds is 6. The lowest BCUT2D eigenvalue weighted by Crippen LogP contribution is -2.31. The van der Waals surface area contributed by atoms with E-state index in [9.17, 15) is 9.18 Å². The van der Waals surface area contributed by atoms with Crippen LogP contribution in [0.2, 0.25) is 0 Å². The van der Waals surface area contributed by atoms with E-state index in [0.29, 0.717) is 17.3 Å². The number of amides is 1. The van der Waals surface area contributed by atoms with Gasteiger partial charge in [0.15, 0.2) is 0 Å². The third kappa shape index (κ3) is 3.92. The maximum Gasteiger partial charge on any atom is 0.249 e. The summed E-state index contributed by atoms with van der Waals surface area (Å²) in [4.78, 5) is 14.1. The van der Waals surface area contributed by atoms with Gasteiger partial charge in [-0.25, -0.2) is 4.39 Å². The Kier molecular flexibility index (Phi) is 5.39. The van der Waals surface area contributed by atoms with E-state index in [2.05, 4.69) is 10.2 Å². The highest BCUT2D eigenvalue weighted by atomic mass is 19.1. The number of benzene rings is 1. The van der Waals surface area contributed by atoms with Crippen LogP contribution in [0, 0.1) is 19.7 Å². The van der Waals surface area contributed by atoms with Crippen LogP contribution in [0.3, 0.4) is 0 Å². The molecule has 3 aromatic rings. The molecule has 0 radical (unpaired) electrons. The minimum atomic E-state index is -0.320. The predicted molar refractivity (Wildman–Crippen MR) is 101 cm³/mol. The third-order valence-electron chi connectivity index (χ3n) is 4.60. The van der Waals surface area contributed by atoms with Crippen molar-refractivity contribution in [3.63, 3.8) is 0 Å². The van der Waals surface area contributed by atoms with E-state index in [4.69, 9.17) is 4.42 Å². The van der Waals surface area contributed by atoms with Gasteiger partial charge in [-0.15, -0.1) is 10.2 Å². The van der Waals surface area contributed by atoms with Crippen LogP contribution in [0.1, 0.15) is 24.7 Å². The Morgan fingerprint density at radius 3 is 2.52 bits per heavy atom. The molecule has 0 saturated heterocycles. The van der Waals surface area contributed by atoms with E-state index in [0.717, 1.165) is 29.9 Å². The first kappa shape index (κ1) is 18.8. The number of nitrogens with zero attached hydrogens (tertiary/aromatic N) is 4. The lowest BCUT2D eigenvalue weighted by Gasteiger charge is -2.18. The van der Waals surface area contributed by atoms with E-state index in [-0.39, 0.29) is 18.3 Å². The summed E-state index contributed by atoms with van der Waals surface area (Å²) in [5, 5.41) is 8.19. The molecule has 2 aromatic heterocycles. The Balaban J connectivity index is 1.86. The molecule has 1 aromatic carbocycles. The van der Waals surface area contributed by atoms with Crippen LogP contribution < -0.4 is 0 Å². The molecule has 0 atom stereocenters. The predicted octanol–water partition coefficient (Wildman–Crippen LogP) is 3.83. The average Bonchev–Trinajstić information content (AvgIpc) is 3.23. The topological polar surface area (TPSA) is 64.2 Å². The molecule has 0 fully saturated rings. The largest absolute Gasteiger partial charge is 0.416 e. The molecule has 0 spiro atoms. The normalized spacial score (nSPS) is 11.0. The van der Waals surface area contributed by atoms with Gasteiger partial charge in [0.1, 0.15) is 12.4 Å². The molecule has 0 bridgehead atoms. The second kappa shape index (κ2) is 7.73. The van der Waals surface area contributed by atoms with Crippen molar-refractivity contribution in [3.8, 4) is 22.9 Å². The SMILES string of the molecule is CCCN(C)C(=O)Cn1c(C)cc(-c2nnc(-c3ccc(F)cc3)o2)c1C. The van der Waals surface area contributed by atoms with Crippen molar-refractivity contribution < 1.29 is 13.6 Å². The molecule has 0 aliphatic heterocycles. The van der Waals surface area contributed by atoms with Crippen LogP contribution >= 0.6 is 0 Å². The summed E-state index contributed by atoms with van der Waals surface area (Å²) >= 11 is 0. The number of carbonyl (C=O) groups is 1. The number of likely N-dealkylation sites (N-methyl/N-ethyl adjacent to an activating group) is 1. The second-order valence-electron chi connectivity index (χ2n) is 6.61. The van der Waals surface area contributed by atoms with Crippen LogP contribution in [0.15, 0.2) is 34.7 Å². The van der Waals surface area contributed by atoms with Crippen molar-refractivity contribution in [1.29, 1.82) is 0 Å². The molecule has 0 saturated carbocycles. The molecule has 0 unspecified atom stereocenters. The molecule has 7 heteroatoms. The smallest absolute Gasteiger partial charge is 0.249 e. The molecule has 0 aliphatic rings. The van der Waals surface area contributed by atoms with Crippen LogP contribution in [-0.2, 0) is 11.3 Å². The van der Waals surface area contributed by atoms with E-state index >= 15 is 0 Å². The van der Waals surface area contributed by atoms with E-state index < -0.39 is 0 Å². The van der Waals surface area contributed by atoms with Crippen LogP contribution in [0.4, 0.5) is 4.39 Å². The summed E-state index contributed by atoms with van der Waals surface area (Å²) in [5.74, 6) is 0.444. The Hall–Kier alpha value is -2.96. The van der Waals surface area contributed by atoms with Gasteiger partial charge in [0.25, 0.3) is 0 Å². The van der Waals surface area contributed by atoms with Gasteiger partial charge < -0.3 is 13.9 Å². The quantitative estimate of drug-likeness (QED) is 0.661. The van der Waals surface area contributed by atoms with E-state index in [1.54, 1.807) is 17.0 Å². The maximum absolute atomic E-state index is 13.1. The van der Waals surface area contributed by atoms with Gasteiger partial charge in [0.05, 0.1) is 5.56 Å². The Bertz CT molecular complexity index is 944. The summed E-state index contributed by atoms with van der Waals surface area (Å²) in [7, 11) is 1.81. The van der Waals surface area contributed by atoms with Crippen LogP contribution in [0.25, 0.3) is 22.9 Å². The summed E-state index contributed by atoms with van der Waals surface area (Å²) in [6.07, 6.45) is 0.922. The molecular weight excluding hydrogens is 347 g/mol. The number of hydrogen-bond donors (Lipinski definition) is 0. The standard InChI is InChI=1S/C20H23FN4O2/c1-5-10-24(4)18(26)12-25-13(2)11-17(14(25)3)20-23-22-19(27-20)15-6-8-16(21)9-7-15/h6-9,11H,5,10,12H2,1-4H3. The Morgan fingerprint density at radius 2 is 1.85 bits per heavy atom. The zero-order chi connectivity index (χ0) is 19.6. The van der Waals surface area contributed by atoms with Gasteiger partial charge in [0, 0.05) is 30.5 Å². The average molecular weight is 370 g/mol. The summed E-state index contributed by atoms with van der Waals surface area (Å²) < 4.78 is 20.8.